The number of carbonyl (C=O) groups excluding carboxylic acids is 1. The van der Waals surface area contributed by atoms with Crippen molar-refractivity contribution in [3.8, 4) is 11.5 Å². The van der Waals surface area contributed by atoms with Gasteiger partial charge in [-0.3, -0.25) is 0 Å². The Kier molecular flexibility index (Phi) is 7.38. The molecule has 0 spiro atoms. The molecule has 1 fully saturated rings. The highest BCUT2D eigenvalue weighted by Gasteiger charge is 2.32. The molecule has 3 rings (SSSR count). The molecule has 2 heterocycles. The number of rotatable bonds is 2. The number of methoxy groups -OCH3 is 1. The summed E-state index contributed by atoms with van der Waals surface area (Å²) in [6, 6.07) is 1.72. The van der Waals surface area contributed by atoms with Crippen LogP contribution in [-0.2, 0) is 14.2 Å². The molecule has 0 bridgehead atoms. The molecule has 2 aliphatic heterocycles. The Morgan fingerprint density at radius 3 is 2.41 bits per heavy atom. The van der Waals surface area contributed by atoms with Crippen LogP contribution in [0.25, 0.3) is 0 Å². The summed E-state index contributed by atoms with van der Waals surface area (Å²) in [5, 5.41) is 0. The van der Waals surface area contributed by atoms with Gasteiger partial charge in [-0.25, -0.2) is 4.79 Å². The highest BCUT2D eigenvalue weighted by atomic mass is 79.9. The number of benzene rings is 1. The summed E-state index contributed by atoms with van der Waals surface area (Å²) in [7, 11) is 1.37. The first-order chi connectivity index (χ1) is 13.1. The molecular weight excluding hydrogens is 416 g/mol. The second kappa shape index (κ2) is 9.75. The van der Waals surface area contributed by atoms with Crippen LogP contribution < -0.4 is 9.47 Å². The second-order valence-electron chi connectivity index (χ2n) is 6.92. The molecule has 1 aromatic rings. The molecule has 1 atom stereocenters. The van der Waals surface area contributed by atoms with Gasteiger partial charge >= 0.3 is 5.97 Å². The Morgan fingerprint density at radius 2 is 1.78 bits per heavy atom. The van der Waals surface area contributed by atoms with E-state index < -0.39 is 5.97 Å². The van der Waals surface area contributed by atoms with Crippen molar-refractivity contribution in [3.63, 3.8) is 0 Å². The van der Waals surface area contributed by atoms with Gasteiger partial charge in [-0.15, -0.1) is 0 Å². The Balaban J connectivity index is 1.78. The first-order valence-electron chi connectivity index (χ1n) is 9.48. The average molecular weight is 443 g/mol. The van der Waals surface area contributed by atoms with Gasteiger partial charge in [0, 0.05) is 37.9 Å². The van der Waals surface area contributed by atoms with Gasteiger partial charge in [-0.2, -0.15) is 0 Å². The molecule has 1 aromatic carbocycles. The molecule has 1 unspecified atom stereocenters. The van der Waals surface area contributed by atoms with E-state index in [9.17, 15) is 4.79 Å². The van der Waals surface area contributed by atoms with Gasteiger partial charge in [0.15, 0.2) is 11.5 Å². The molecule has 7 heteroatoms. The van der Waals surface area contributed by atoms with Crippen molar-refractivity contribution in [1.29, 1.82) is 0 Å². The molecular formula is C20H27BrO6. The molecule has 0 amide bonds. The van der Waals surface area contributed by atoms with E-state index >= 15 is 0 Å². The fourth-order valence-electron chi connectivity index (χ4n) is 3.48. The third-order valence-corrected chi connectivity index (χ3v) is 5.71. The van der Waals surface area contributed by atoms with Crippen LogP contribution in [0, 0.1) is 12.8 Å². The molecule has 1 saturated heterocycles. The lowest BCUT2D eigenvalue weighted by Crippen LogP contribution is -2.38. The van der Waals surface area contributed by atoms with Gasteiger partial charge in [-0.1, -0.05) is 0 Å². The van der Waals surface area contributed by atoms with Crippen LogP contribution in [-0.4, -0.2) is 52.2 Å². The van der Waals surface area contributed by atoms with E-state index in [0.717, 1.165) is 44.5 Å². The summed E-state index contributed by atoms with van der Waals surface area (Å²) < 4.78 is 29.4. The van der Waals surface area contributed by atoms with Crippen molar-refractivity contribution in [2.75, 3.05) is 40.1 Å². The quantitative estimate of drug-likeness (QED) is 0.646. The van der Waals surface area contributed by atoms with E-state index in [4.69, 9.17) is 23.7 Å². The Bertz CT molecular complexity index is 650. The van der Waals surface area contributed by atoms with E-state index in [1.165, 1.54) is 7.11 Å². The predicted molar refractivity (Wildman–Crippen MR) is 104 cm³/mol. The SMILES string of the molecule is COC(=O)c1cc(Br)c2c(c1C)OC(C1CCOCCCCOCC1)CO2. The highest BCUT2D eigenvalue weighted by Crippen LogP contribution is 2.44. The predicted octanol–water partition coefficient (Wildman–Crippen LogP) is 3.91. The van der Waals surface area contributed by atoms with Crippen molar-refractivity contribution in [3.05, 3.63) is 21.7 Å². The third-order valence-electron chi connectivity index (χ3n) is 5.12. The van der Waals surface area contributed by atoms with Crippen molar-refractivity contribution in [1.82, 2.24) is 0 Å². The van der Waals surface area contributed by atoms with E-state index in [-0.39, 0.29) is 12.0 Å². The van der Waals surface area contributed by atoms with E-state index in [2.05, 4.69) is 15.9 Å². The summed E-state index contributed by atoms with van der Waals surface area (Å²) in [5.41, 5.74) is 1.20. The topological polar surface area (TPSA) is 63.2 Å². The minimum Gasteiger partial charge on any atom is -0.485 e. The zero-order chi connectivity index (χ0) is 19.2. The maximum Gasteiger partial charge on any atom is 0.338 e. The van der Waals surface area contributed by atoms with Crippen molar-refractivity contribution in [2.24, 2.45) is 5.92 Å². The average Bonchev–Trinajstić information content (AvgIpc) is 2.75. The van der Waals surface area contributed by atoms with Crippen LogP contribution in [0.15, 0.2) is 10.5 Å². The van der Waals surface area contributed by atoms with Crippen LogP contribution in [0.4, 0.5) is 0 Å². The van der Waals surface area contributed by atoms with Crippen molar-refractivity contribution >= 4 is 21.9 Å². The number of hydrogen-bond donors (Lipinski definition) is 0. The number of carbonyl (C=O) groups is 1. The van der Waals surface area contributed by atoms with Gasteiger partial charge in [-0.05, 0) is 54.6 Å². The van der Waals surface area contributed by atoms with Crippen LogP contribution in [0.5, 0.6) is 11.5 Å². The maximum absolute atomic E-state index is 12.1. The van der Waals surface area contributed by atoms with Gasteiger partial charge in [0.1, 0.15) is 12.7 Å². The van der Waals surface area contributed by atoms with Crippen molar-refractivity contribution < 1.29 is 28.5 Å². The maximum atomic E-state index is 12.1. The largest absolute Gasteiger partial charge is 0.485 e. The summed E-state index contributed by atoms with van der Waals surface area (Å²) in [6.45, 7) is 5.29. The molecule has 6 nitrogen and oxygen atoms in total. The highest BCUT2D eigenvalue weighted by molar-refractivity contribution is 9.10. The zero-order valence-corrected chi connectivity index (χ0v) is 17.5. The zero-order valence-electron chi connectivity index (χ0n) is 15.9. The van der Waals surface area contributed by atoms with Gasteiger partial charge in [0.05, 0.1) is 17.1 Å². The Hall–Kier alpha value is -1.31. The normalized spacial score (nSPS) is 22.0. The van der Waals surface area contributed by atoms with Gasteiger partial charge in [0.25, 0.3) is 0 Å². The van der Waals surface area contributed by atoms with Crippen LogP contribution in [0.1, 0.15) is 41.6 Å². The van der Waals surface area contributed by atoms with E-state index in [1.807, 2.05) is 6.92 Å². The van der Waals surface area contributed by atoms with E-state index in [1.54, 1.807) is 6.07 Å². The van der Waals surface area contributed by atoms with Crippen LogP contribution in [0.3, 0.4) is 0 Å². The lowest BCUT2D eigenvalue weighted by atomic mass is 9.94. The van der Waals surface area contributed by atoms with Crippen LogP contribution in [0.2, 0.25) is 0 Å². The summed E-state index contributed by atoms with van der Waals surface area (Å²) in [6.07, 6.45) is 3.74. The Morgan fingerprint density at radius 1 is 1.11 bits per heavy atom. The van der Waals surface area contributed by atoms with Gasteiger partial charge in [0.2, 0.25) is 0 Å². The van der Waals surface area contributed by atoms with Crippen LogP contribution >= 0.6 is 15.9 Å². The number of ether oxygens (including phenoxy) is 5. The first kappa shape index (κ1) is 20.4. The number of halogens is 1. The van der Waals surface area contributed by atoms with Crippen molar-refractivity contribution in [2.45, 2.75) is 38.7 Å². The summed E-state index contributed by atoms with van der Waals surface area (Å²) in [5.74, 6) is 1.12. The number of hydrogen-bond acceptors (Lipinski definition) is 6. The molecule has 2 aliphatic rings. The second-order valence-corrected chi connectivity index (χ2v) is 7.77. The standard InChI is InChI=1S/C20H27BrO6/c1-13-15(20(22)23-2)11-16(21)19-18(13)27-17(12-26-19)14-5-9-24-7-3-4-8-25-10-6-14/h11,14,17H,3-10,12H2,1-2H3. The monoisotopic (exact) mass is 442 g/mol. The minimum atomic E-state index is -0.390. The van der Waals surface area contributed by atoms with E-state index in [0.29, 0.717) is 41.4 Å². The molecule has 150 valence electrons. The molecule has 27 heavy (non-hydrogen) atoms. The molecule has 0 saturated carbocycles. The number of esters is 1. The lowest BCUT2D eigenvalue weighted by molar-refractivity contribution is 0.0163. The fourth-order valence-corrected chi connectivity index (χ4v) is 4.00. The molecule has 0 radical (unpaired) electrons. The summed E-state index contributed by atoms with van der Waals surface area (Å²) >= 11 is 3.48. The lowest BCUT2D eigenvalue weighted by Gasteiger charge is -2.34. The fraction of sp³-hybridized carbons (Fsp3) is 0.650. The minimum absolute atomic E-state index is 0.107. The summed E-state index contributed by atoms with van der Waals surface area (Å²) in [4.78, 5) is 12.1. The Labute approximate surface area is 168 Å². The molecule has 0 aromatic heterocycles. The molecule has 0 aliphatic carbocycles. The van der Waals surface area contributed by atoms with Gasteiger partial charge < -0.3 is 23.7 Å². The smallest absolute Gasteiger partial charge is 0.338 e. The molecule has 0 N–H and O–H groups in total. The number of fused-ring (bicyclic) bond motifs is 1. The third kappa shape index (κ3) is 4.95. The first-order valence-corrected chi connectivity index (χ1v) is 10.3.